The number of hydrogen-bond acceptors (Lipinski definition) is 4. The summed E-state index contributed by atoms with van der Waals surface area (Å²) in [6.45, 7) is -0.310. The zero-order valence-corrected chi connectivity index (χ0v) is 9.22. The highest BCUT2D eigenvalue weighted by molar-refractivity contribution is 5.96. The number of carbonyl (C=O) groups excluding carboxylic acids is 1. The van der Waals surface area contributed by atoms with Crippen LogP contribution in [0, 0.1) is 0 Å². The Hall–Kier alpha value is -1.39. The van der Waals surface area contributed by atoms with Gasteiger partial charge < -0.3 is 14.9 Å². The van der Waals surface area contributed by atoms with E-state index < -0.39 is 6.10 Å². The van der Waals surface area contributed by atoms with Crippen molar-refractivity contribution in [2.45, 2.75) is 18.9 Å². The van der Waals surface area contributed by atoms with Gasteiger partial charge in [-0.05, 0) is 30.7 Å². The summed E-state index contributed by atoms with van der Waals surface area (Å²) in [5, 5.41) is 17.7. The van der Waals surface area contributed by atoms with Crippen LogP contribution in [-0.2, 0) is 0 Å². The molecule has 4 heteroatoms. The van der Waals surface area contributed by atoms with E-state index in [0.29, 0.717) is 11.3 Å². The summed E-state index contributed by atoms with van der Waals surface area (Å²) in [5.74, 6) is 0.655. The maximum atomic E-state index is 11.6. The zero-order chi connectivity index (χ0) is 12.0. The van der Waals surface area contributed by atoms with E-state index in [0.717, 1.165) is 0 Å². The molecule has 2 N–H and O–H groups in total. The van der Waals surface area contributed by atoms with Gasteiger partial charge in [-0.25, -0.2) is 0 Å². The van der Waals surface area contributed by atoms with E-state index in [4.69, 9.17) is 14.9 Å². The fourth-order valence-corrected chi connectivity index (χ4v) is 1.31. The number of carbonyl (C=O) groups is 1. The Labute approximate surface area is 94.5 Å². The minimum atomic E-state index is -0.817. The lowest BCUT2D eigenvalue weighted by atomic mass is 10.0. The maximum absolute atomic E-state index is 11.6. The molecule has 0 aliphatic carbocycles. The molecular formula is C12H16O4. The Bertz CT molecular complexity index is 331. The highest BCUT2D eigenvalue weighted by atomic mass is 16.5. The Kier molecular flexibility index (Phi) is 4.95. The molecule has 0 heterocycles. The van der Waals surface area contributed by atoms with Crippen LogP contribution < -0.4 is 4.74 Å². The Balaban J connectivity index is 2.52. The minimum absolute atomic E-state index is 0.0462. The standard InChI is InChI=1S/C12H16O4/c1-16-11-5-2-9(3-6-11)12(15)7-4-10(14)8-13/h2-3,5-6,10,13-14H,4,7-8H2,1H3/t10-/m1/s1. The lowest BCUT2D eigenvalue weighted by Gasteiger charge is -2.06. The van der Waals surface area contributed by atoms with Gasteiger partial charge in [0, 0.05) is 12.0 Å². The number of rotatable bonds is 6. The number of ether oxygens (including phenoxy) is 1. The van der Waals surface area contributed by atoms with Gasteiger partial charge in [-0.3, -0.25) is 4.79 Å². The lowest BCUT2D eigenvalue weighted by molar-refractivity contribution is 0.0779. The molecule has 1 atom stereocenters. The summed E-state index contributed by atoms with van der Waals surface area (Å²) >= 11 is 0. The van der Waals surface area contributed by atoms with Gasteiger partial charge in [-0.2, -0.15) is 0 Å². The van der Waals surface area contributed by atoms with Crippen LogP contribution in [0.5, 0.6) is 5.75 Å². The van der Waals surface area contributed by atoms with Crippen molar-refractivity contribution in [3.8, 4) is 5.75 Å². The summed E-state index contributed by atoms with van der Waals surface area (Å²) in [7, 11) is 1.56. The first-order valence-corrected chi connectivity index (χ1v) is 5.13. The number of aliphatic hydroxyl groups is 2. The quantitative estimate of drug-likeness (QED) is 0.708. The van der Waals surface area contributed by atoms with Crippen LogP contribution in [0.15, 0.2) is 24.3 Å². The summed E-state index contributed by atoms with van der Waals surface area (Å²) in [6, 6.07) is 6.81. The van der Waals surface area contributed by atoms with Crippen LogP contribution in [0.1, 0.15) is 23.2 Å². The number of methoxy groups -OCH3 is 1. The highest BCUT2D eigenvalue weighted by Crippen LogP contribution is 2.13. The molecule has 1 aromatic carbocycles. The maximum Gasteiger partial charge on any atom is 0.162 e. The highest BCUT2D eigenvalue weighted by Gasteiger charge is 2.09. The number of hydrogen-bond donors (Lipinski definition) is 2. The van der Waals surface area contributed by atoms with Crippen molar-refractivity contribution in [3.05, 3.63) is 29.8 Å². The Morgan fingerprint density at radius 3 is 2.50 bits per heavy atom. The molecule has 0 aliphatic rings. The third-order valence-electron chi connectivity index (χ3n) is 2.33. The topological polar surface area (TPSA) is 66.8 Å². The van der Waals surface area contributed by atoms with E-state index in [1.165, 1.54) is 0 Å². The van der Waals surface area contributed by atoms with Crippen LogP contribution in [0.4, 0.5) is 0 Å². The summed E-state index contributed by atoms with van der Waals surface area (Å²) in [4.78, 5) is 11.6. The van der Waals surface area contributed by atoms with Gasteiger partial charge in [0.05, 0.1) is 19.8 Å². The molecule has 16 heavy (non-hydrogen) atoms. The Morgan fingerprint density at radius 1 is 1.38 bits per heavy atom. The van der Waals surface area contributed by atoms with E-state index >= 15 is 0 Å². The first kappa shape index (κ1) is 12.7. The molecule has 0 aliphatic heterocycles. The number of ketones is 1. The van der Waals surface area contributed by atoms with Gasteiger partial charge in [-0.15, -0.1) is 0 Å². The van der Waals surface area contributed by atoms with Gasteiger partial charge in [0.1, 0.15) is 5.75 Å². The molecule has 88 valence electrons. The fourth-order valence-electron chi connectivity index (χ4n) is 1.31. The van der Waals surface area contributed by atoms with Crippen LogP contribution in [0.3, 0.4) is 0 Å². The van der Waals surface area contributed by atoms with Crippen molar-refractivity contribution >= 4 is 5.78 Å². The van der Waals surface area contributed by atoms with Crippen LogP contribution in [-0.4, -0.2) is 35.8 Å². The largest absolute Gasteiger partial charge is 0.497 e. The molecule has 0 saturated carbocycles. The third kappa shape index (κ3) is 3.64. The third-order valence-corrected chi connectivity index (χ3v) is 2.33. The summed E-state index contributed by atoms with van der Waals surface area (Å²) in [6.07, 6.45) is -0.308. The van der Waals surface area contributed by atoms with Crippen molar-refractivity contribution in [2.75, 3.05) is 13.7 Å². The fraction of sp³-hybridized carbons (Fsp3) is 0.417. The average Bonchev–Trinajstić information content (AvgIpc) is 2.35. The molecule has 0 bridgehead atoms. The second kappa shape index (κ2) is 6.25. The number of benzene rings is 1. The van der Waals surface area contributed by atoms with Crippen LogP contribution in [0.25, 0.3) is 0 Å². The minimum Gasteiger partial charge on any atom is -0.497 e. The van der Waals surface area contributed by atoms with Crippen LogP contribution in [0.2, 0.25) is 0 Å². The molecule has 0 amide bonds. The van der Waals surface area contributed by atoms with Gasteiger partial charge in [-0.1, -0.05) is 0 Å². The van der Waals surface area contributed by atoms with Gasteiger partial charge in [0.25, 0.3) is 0 Å². The van der Waals surface area contributed by atoms with Gasteiger partial charge in [0.15, 0.2) is 5.78 Å². The number of aliphatic hydroxyl groups excluding tert-OH is 2. The molecular weight excluding hydrogens is 208 g/mol. The van der Waals surface area contributed by atoms with Crippen LogP contribution >= 0.6 is 0 Å². The molecule has 0 aromatic heterocycles. The SMILES string of the molecule is COc1ccc(C(=O)CC[C@@H](O)CO)cc1. The second-order valence-electron chi connectivity index (χ2n) is 3.53. The monoisotopic (exact) mass is 224 g/mol. The first-order chi connectivity index (χ1) is 7.67. The van der Waals surface area contributed by atoms with Crippen molar-refractivity contribution < 1.29 is 19.7 Å². The predicted molar refractivity (Wildman–Crippen MR) is 59.7 cm³/mol. The molecule has 1 rings (SSSR count). The molecule has 0 unspecified atom stereocenters. The zero-order valence-electron chi connectivity index (χ0n) is 9.22. The van der Waals surface area contributed by atoms with E-state index in [1.807, 2.05) is 0 Å². The predicted octanol–water partition coefficient (Wildman–Crippen LogP) is 1.01. The van der Waals surface area contributed by atoms with Crippen molar-refractivity contribution in [2.24, 2.45) is 0 Å². The lowest BCUT2D eigenvalue weighted by Crippen LogP contribution is -2.13. The molecule has 4 nitrogen and oxygen atoms in total. The first-order valence-electron chi connectivity index (χ1n) is 5.13. The number of Topliss-reactive ketones (excluding diaryl/α,β-unsaturated/α-hetero) is 1. The molecule has 0 radical (unpaired) electrons. The summed E-state index contributed by atoms with van der Waals surface area (Å²) < 4.78 is 4.98. The summed E-state index contributed by atoms with van der Waals surface area (Å²) in [5.41, 5.74) is 0.589. The molecule has 1 aromatic rings. The molecule has 0 spiro atoms. The normalized spacial score (nSPS) is 12.2. The van der Waals surface area contributed by atoms with Gasteiger partial charge in [0.2, 0.25) is 0 Å². The van der Waals surface area contributed by atoms with E-state index in [2.05, 4.69) is 0 Å². The van der Waals surface area contributed by atoms with Crippen molar-refractivity contribution in [1.29, 1.82) is 0 Å². The molecule has 0 saturated heterocycles. The average molecular weight is 224 g/mol. The van der Waals surface area contributed by atoms with Crippen molar-refractivity contribution in [1.82, 2.24) is 0 Å². The van der Waals surface area contributed by atoms with Gasteiger partial charge >= 0.3 is 0 Å². The second-order valence-corrected chi connectivity index (χ2v) is 3.53. The van der Waals surface area contributed by atoms with Crippen molar-refractivity contribution in [3.63, 3.8) is 0 Å². The smallest absolute Gasteiger partial charge is 0.162 e. The Morgan fingerprint density at radius 2 is 2.00 bits per heavy atom. The molecule has 0 fully saturated rings. The van der Waals surface area contributed by atoms with E-state index in [1.54, 1.807) is 31.4 Å². The van der Waals surface area contributed by atoms with E-state index in [9.17, 15) is 4.79 Å². The van der Waals surface area contributed by atoms with E-state index in [-0.39, 0.29) is 25.2 Å².